The Balaban J connectivity index is 2.31. The standard InChI is InChI=1S/C16H20N2O2/c1-4-20-14-7-5-12(6-8-14)16-17-13(9-11(2)3)10-15(19)18-16/h5-8,10-11H,4,9H2,1-3H3,(H,17,18,19). The van der Waals surface area contributed by atoms with Gasteiger partial charge in [0.05, 0.1) is 6.61 Å². The molecule has 106 valence electrons. The number of hydrogen-bond acceptors (Lipinski definition) is 3. The molecule has 20 heavy (non-hydrogen) atoms. The molecule has 0 aliphatic rings. The summed E-state index contributed by atoms with van der Waals surface area (Å²) in [7, 11) is 0. The van der Waals surface area contributed by atoms with Crippen LogP contribution in [-0.2, 0) is 6.42 Å². The number of nitrogens with one attached hydrogen (secondary N) is 1. The highest BCUT2D eigenvalue weighted by molar-refractivity contribution is 5.56. The average Bonchev–Trinajstić information content (AvgIpc) is 2.38. The minimum absolute atomic E-state index is 0.112. The number of hydrogen-bond donors (Lipinski definition) is 1. The Morgan fingerprint density at radius 1 is 1.25 bits per heavy atom. The molecule has 4 heteroatoms. The number of rotatable bonds is 5. The van der Waals surface area contributed by atoms with E-state index in [-0.39, 0.29) is 5.56 Å². The smallest absolute Gasteiger partial charge is 0.251 e. The fraction of sp³-hybridized carbons (Fsp3) is 0.375. The molecule has 1 aromatic heterocycles. The zero-order chi connectivity index (χ0) is 14.5. The van der Waals surface area contributed by atoms with E-state index in [4.69, 9.17) is 4.74 Å². The van der Waals surface area contributed by atoms with Gasteiger partial charge in [-0.15, -0.1) is 0 Å². The minimum Gasteiger partial charge on any atom is -0.494 e. The molecule has 2 aromatic rings. The maximum Gasteiger partial charge on any atom is 0.251 e. The Morgan fingerprint density at radius 2 is 1.95 bits per heavy atom. The molecule has 0 fully saturated rings. The Hall–Kier alpha value is -2.10. The second kappa shape index (κ2) is 6.37. The molecular weight excluding hydrogens is 252 g/mol. The zero-order valence-electron chi connectivity index (χ0n) is 12.1. The van der Waals surface area contributed by atoms with Crippen LogP contribution in [0.4, 0.5) is 0 Å². The maximum atomic E-state index is 11.7. The third-order valence-corrected chi connectivity index (χ3v) is 2.85. The third kappa shape index (κ3) is 3.70. The van der Waals surface area contributed by atoms with Gasteiger partial charge in [-0.2, -0.15) is 0 Å². The van der Waals surface area contributed by atoms with Gasteiger partial charge in [-0.3, -0.25) is 4.79 Å². The molecule has 0 unspecified atom stereocenters. The highest BCUT2D eigenvalue weighted by atomic mass is 16.5. The first-order chi connectivity index (χ1) is 9.58. The number of aromatic amines is 1. The van der Waals surface area contributed by atoms with Gasteiger partial charge in [0.2, 0.25) is 0 Å². The van der Waals surface area contributed by atoms with E-state index in [0.717, 1.165) is 23.4 Å². The molecule has 0 atom stereocenters. The van der Waals surface area contributed by atoms with Crippen molar-refractivity contribution in [1.82, 2.24) is 9.97 Å². The molecule has 0 saturated heterocycles. The number of nitrogens with zero attached hydrogens (tertiary/aromatic N) is 1. The number of aromatic nitrogens is 2. The molecule has 0 bridgehead atoms. The van der Waals surface area contributed by atoms with Crippen LogP contribution >= 0.6 is 0 Å². The van der Waals surface area contributed by atoms with E-state index in [1.54, 1.807) is 6.07 Å². The van der Waals surface area contributed by atoms with Gasteiger partial charge in [0.15, 0.2) is 0 Å². The van der Waals surface area contributed by atoms with Gasteiger partial charge in [0.1, 0.15) is 11.6 Å². The van der Waals surface area contributed by atoms with E-state index in [2.05, 4.69) is 23.8 Å². The van der Waals surface area contributed by atoms with Crippen LogP contribution in [0.2, 0.25) is 0 Å². The van der Waals surface area contributed by atoms with Gasteiger partial charge in [0.25, 0.3) is 5.56 Å². The zero-order valence-corrected chi connectivity index (χ0v) is 12.1. The summed E-state index contributed by atoms with van der Waals surface area (Å²) in [5.41, 5.74) is 1.60. The van der Waals surface area contributed by atoms with Crippen molar-refractivity contribution >= 4 is 0 Å². The van der Waals surface area contributed by atoms with E-state index in [0.29, 0.717) is 18.3 Å². The quantitative estimate of drug-likeness (QED) is 0.910. The molecular formula is C16H20N2O2. The minimum atomic E-state index is -0.112. The van der Waals surface area contributed by atoms with Crippen molar-refractivity contribution in [3.05, 3.63) is 46.4 Å². The van der Waals surface area contributed by atoms with Crippen molar-refractivity contribution in [2.75, 3.05) is 6.61 Å². The topological polar surface area (TPSA) is 55.0 Å². The van der Waals surface area contributed by atoms with Crippen LogP contribution in [0.1, 0.15) is 26.5 Å². The Morgan fingerprint density at radius 3 is 2.55 bits per heavy atom. The first-order valence-corrected chi connectivity index (χ1v) is 6.92. The van der Waals surface area contributed by atoms with Crippen molar-refractivity contribution in [2.24, 2.45) is 5.92 Å². The van der Waals surface area contributed by atoms with Gasteiger partial charge in [-0.25, -0.2) is 4.98 Å². The molecule has 1 heterocycles. The first-order valence-electron chi connectivity index (χ1n) is 6.92. The second-order valence-electron chi connectivity index (χ2n) is 5.14. The highest BCUT2D eigenvalue weighted by Gasteiger charge is 2.06. The molecule has 4 nitrogen and oxygen atoms in total. The SMILES string of the molecule is CCOc1ccc(-c2nc(CC(C)C)cc(=O)[nH]2)cc1. The molecule has 0 aliphatic carbocycles. The summed E-state index contributed by atoms with van der Waals surface area (Å²) in [6.07, 6.45) is 0.800. The largest absolute Gasteiger partial charge is 0.494 e. The number of H-pyrrole nitrogens is 1. The molecule has 0 spiro atoms. The first kappa shape index (κ1) is 14.3. The summed E-state index contributed by atoms with van der Waals surface area (Å²) in [6.45, 7) is 6.81. The van der Waals surface area contributed by atoms with Gasteiger partial charge in [0, 0.05) is 17.3 Å². The van der Waals surface area contributed by atoms with Gasteiger partial charge >= 0.3 is 0 Å². The van der Waals surface area contributed by atoms with E-state index < -0.39 is 0 Å². The van der Waals surface area contributed by atoms with Gasteiger partial charge < -0.3 is 9.72 Å². The van der Waals surface area contributed by atoms with E-state index in [1.807, 2.05) is 31.2 Å². The molecule has 0 saturated carbocycles. The summed E-state index contributed by atoms with van der Waals surface area (Å²) in [5, 5.41) is 0. The van der Waals surface area contributed by atoms with Crippen molar-refractivity contribution in [2.45, 2.75) is 27.2 Å². The molecule has 0 radical (unpaired) electrons. The lowest BCUT2D eigenvalue weighted by molar-refractivity contribution is 0.340. The Bertz CT molecular complexity index is 615. The van der Waals surface area contributed by atoms with Crippen LogP contribution in [0.5, 0.6) is 5.75 Å². The lowest BCUT2D eigenvalue weighted by Crippen LogP contribution is -2.11. The lowest BCUT2D eigenvalue weighted by atomic mass is 10.1. The summed E-state index contributed by atoms with van der Waals surface area (Å²) >= 11 is 0. The Labute approximate surface area is 118 Å². The van der Waals surface area contributed by atoms with Gasteiger partial charge in [-0.05, 0) is 43.5 Å². The maximum absolute atomic E-state index is 11.7. The second-order valence-corrected chi connectivity index (χ2v) is 5.14. The summed E-state index contributed by atoms with van der Waals surface area (Å²) in [5.74, 6) is 1.89. The van der Waals surface area contributed by atoms with Crippen LogP contribution in [0, 0.1) is 5.92 Å². The van der Waals surface area contributed by atoms with E-state index in [9.17, 15) is 4.79 Å². The van der Waals surface area contributed by atoms with Crippen molar-refractivity contribution in [3.63, 3.8) is 0 Å². The van der Waals surface area contributed by atoms with Gasteiger partial charge in [-0.1, -0.05) is 13.8 Å². The molecule has 2 rings (SSSR count). The van der Waals surface area contributed by atoms with E-state index in [1.165, 1.54) is 0 Å². The van der Waals surface area contributed by atoms with Crippen molar-refractivity contribution in [1.29, 1.82) is 0 Å². The van der Waals surface area contributed by atoms with Crippen LogP contribution < -0.4 is 10.3 Å². The Kier molecular flexibility index (Phi) is 4.56. The summed E-state index contributed by atoms with van der Waals surface area (Å²) in [4.78, 5) is 19.0. The van der Waals surface area contributed by atoms with Crippen molar-refractivity contribution < 1.29 is 4.74 Å². The number of ether oxygens (including phenoxy) is 1. The van der Waals surface area contributed by atoms with Crippen molar-refractivity contribution in [3.8, 4) is 17.1 Å². The molecule has 0 aliphatic heterocycles. The van der Waals surface area contributed by atoms with Crippen LogP contribution in [0.25, 0.3) is 11.4 Å². The fourth-order valence-electron chi connectivity index (χ4n) is 2.04. The van der Waals surface area contributed by atoms with Crippen LogP contribution in [-0.4, -0.2) is 16.6 Å². The normalized spacial score (nSPS) is 10.8. The third-order valence-electron chi connectivity index (χ3n) is 2.85. The lowest BCUT2D eigenvalue weighted by Gasteiger charge is -2.07. The average molecular weight is 272 g/mol. The monoisotopic (exact) mass is 272 g/mol. The van der Waals surface area contributed by atoms with Crippen LogP contribution in [0.3, 0.4) is 0 Å². The molecule has 1 N–H and O–H groups in total. The van der Waals surface area contributed by atoms with E-state index >= 15 is 0 Å². The highest BCUT2D eigenvalue weighted by Crippen LogP contribution is 2.19. The predicted molar refractivity (Wildman–Crippen MR) is 80.0 cm³/mol. The molecule has 0 amide bonds. The van der Waals surface area contributed by atoms with Crippen LogP contribution in [0.15, 0.2) is 35.1 Å². The number of benzene rings is 1. The summed E-state index contributed by atoms with van der Waals surface area (Å²) < 4.78 is 5.40. The predicted octanol–water partition coefficient (Wildman–Crippen LogP) is 3.03. The summed E-state index contributed by atoms with van der Waals surface area (Å²) in [6, 6.07) is 9.14. The molecule has 1 aromatic carbocycles. The fourth-order valence-corrected chi connectivity index (χ4v) is 2.04.